The van der Waals surface area contributed by atoms with E-state index in [0.29, 0.717) is 18.6 Å². The van der Waals surface area contributed by atoms with E-state index in [1.807, 2.05) is 0 Å². The van der Waals surface area contributed by atoms with Gasteiger partial charge in [0.05, 0.1) is 12.7 Å². The fourth-order valence-electron chi connectivity index (χ4n) is 2.47. The first-order valence-corrected chi connectivity index (χ1v) is 7.57. The van der Waals surface area contributed by atoms with Crippen LogP contribution in [0.25, 0.3) is 0 Å². The summed E-state index contributed by atoms with van der Waals surface area (Å²) in [5.41, 5.74) is -0.383. The van der Waals surface area contributed by atoms with E-state index in [4.69, 9.17) is 4.74 Å². The number of nitrogens with zero attached hydrogens (tertiary/aromatic N) is 1. The van der Waals surface area contributed by atoms with Crippen LogP contribution in [-0.4, -0.2) is 24.8 Å². The number of hydrogen-bond acceptors (Lipinski definition) is 3. The third-order valence-electron chi connectivity index (χ3n) is 3.98. The van der Waals surface area contributed by atoms with Gasteiger partial charge in [-0.25, -0.2) is 0 Å². The van der Waals surface area contributed by atoms with Crippen molar-refractivity contribution in [1.29, 1.82) is 5.26 Å². The molecule has 2 fully saturated rings. The molecule has 2 saturated carbocycles. The minimum Gasteiger partial charge on any atom is -0.378 e. The Morgan fingerprint density at radius 3 is 2.56 bits per heavy atom. The molecule has 0 aromatic carbocycles. The second-order valence-electron chi connectivity index (χ2n) is 5.89. The van der Waals surface area contributed by atoms with Gasteiger partial charge in [0.15, 0.2) is 0 Å². The molecule has 0 aromatic rings. The highest BCUT2D eigenvalue weighted by atomic mass is 16.5. The van der Waals surface area contributed by atoms with Crippen molar-refractivity contribution in [3.8, 4) is 6.07 Å². The van der Waals surface area contributed by atoms with Gasteiger partial charge in [-0.3, -0.25) is 5.32 Å². The maximum absolute atomic E-state index is 9.51. The molecule has 2 aliphatic carbocycles. The Balaban J connectivity index is 1.69. The molecular weight excluding hydrogens is 224 g/mol. The molecule has 0 bridgehead atoms. The predicted octanol–water partition coefficient (Wildman–Crippen LogP) is 3.01. The maximum atomic E-state index is 9.51. The van der Waals surface area contributed by atoms with Crippen LogP contribution >= 0.6 is 0 Å². The summed E-state index contributed by atoms with van der Waals surface area (Å²) in [5.74, 6) is 0.527. The Labute approximate surface area is 111 Å². The molecule has 1 N–H and O–H groups in total. The van der Waals surface area contributed by atoms with Gasteiger partial charge < -0.3 is 4.74 Å². The van der Waals surface area contributed by atoms with Gasteiger partial charge in [0, 0.05) is 12.6 Å². The number of nitriles is 1. The third-order valence-corrected chi connectivity index (χ3v) is 3.98. The number of nitrogens with one attached hydrogen (secondary N) is 1. The lowest BCUT2D eigenvalue weighted by molar-refractivity contribution is 0.0772. The van der Waals surface area contributed by atoms with E-state index < -0.39 is 0 Å². The van der Waals surface area contributed by atoms with Crippen molar-refractivity contribution in [3.63, 3.8) is 0 Å². The molecule has 2 rings (SSSR count). The van der Waals surface area contributed by atoms with Gasteiger partial charge in [-0.05, 0) is 38.0 Å². The van der Waals surface area contributed by atoms with Crippen LogP contribution in [0.3, 0.4) is 0 Å². The van der Waals surface area contributed by atoms with Crippen LogP contribution in [-0.2, 0) is 4.74 Å². The van der Waals surface area contributed by atoms with Crippen LogP contribution < -0.4 is 5.32 Å². The van der Waals surface area contributed by atoms with Gasteiger partial charge in [-0.15, -0.1) is 0 Å². The molecule has 0 saturated heterocycles. The van der Waals surface area contributed by atoms with Crippen molar-refractivity contribution < 1.29 is 4.74 Å². The van der Waals surface area contributed by atoms with Crippen molar-refractivity contribution in [3.05, 3.63) is 0 Å². The standard InChI is InChI=1S/C15H26N2O/c1-2-3-4-5-10-18-12-15(11-16,13-6-7-13)17-14-8-9-14/h13-14,17H,2-10,12H2,1H3. The lowest BCUT2D eigenvalue weighted by Crippen LogP contribution is -2.51. The summed E-state index contributed by atoms with van der Waals surface area (Å²) in [7, 11) is 0. The first-order chi connectivity index (χ1) is 8.80. The molecule has 2 aliphatic rings. The van der Waals surface area contributed by atoms with Crippen molar-refractivity contribution in [2.24, 2.45) is 5.92 Å². The molecule has 3 nitrogen and oxygen atoms in total. The van der Waals surface area contributed by atoms with Crippen LogP contribution in [0.4, 0.5) is 0 Å². The second kappa shape index (κ2) is 6.54. The molecule has 0 heterocycles. The molecular formula is C15H26N2O. The highest BCUT2D eigenvalue weighted by molar-refractivity contribution is 5.17. The minimum absolute atomic E-state index is 0.383. The Morgan fingerprint density at radius 2 is 2.00 bits per heavy atom. The molecule has 0 aromatic heterocycles. The zero-order valence-electron chi connectivity index (χ0n) is 11.6. The summed E-state index contributed by atoms with van der Waals surface area (Å²) in [5, 5.41) is 13.0. The Kier molecular flexibility index (Phi) is 5.03. The zero-order chi connectivity index (χ0) is 12.8. The first-order valence-electron chi connectivity index (χ1n) is 7.57. The van der Waals surface area contributed by atoms with E-state index in [-0.39, 0.29) is 5.54 Å². The molecule has 0 aliphatic heterocycles. The predicted molar refractivity (Wildman–Crippen MR) is 72.2 cm³/mol. The monoisotopic (exact) mass is 250 g/mol. The summed E-state index contributed by atoms with van der Waals surface area (Å²) < 4.78 is 5.78. The van der Waals surface area contributed by atoms with Crippen molar-refractivity contribution in [2.75, 3.05) is 13.2 Å². The minimum atomic E-state index is -0.383. The second-order valence-corrected chi connectivity index (χ2v) is 5.89. The highest BCUT2D eigenvalue weighted by Crippen LogP contribution is 2.41. The first kappa shape index (κ1) is 13.8. The SMILES string of the molecule is CCCCCCOCC(C#N)(NC1CC1)C1CC1. The average molecular weight is 250 g/mol. The smallest absolute Gasteiger partial charge is 0.133 e. The molecule has 0 spiro atoms. The molecule has 1 unspecified atom stereocenters. The zero-order valence-corrected chi connectivity index (χ0v) is 11.6. The van der Waals surface area contributed by atoms with Crippen LogP contribution in [0.1, 0.15) is 58.3 Å². The summed E-state index contributed by atoms with van der Waals surface area (Å²) in [6.07, 6.45) is 9.75. The highest BCUT2D eigenvalue weighted by Gasteiger charge is 2.48. The summed E-state index contributed by atoms with van der Waals surface area (Å²) in [6, 6.07) is 3.09. The largest absolute Gasteiger partial charge is 0.378 e. The number of ether oxygens (including phenoxy) is 1. The summed E-state index contributed by atoms with van der Waals surface area (Å²) in [4.78, 5) is 0. The van der Waals surface area contributed by atoms with E-state index in [1.54, 1.807) is 0 Å². The molecule has 1 atom stereocenters. The van der Waals surface area contributed by atoms with E-state index >= 15 is 0 Å². The van der Waals surface area contributed by atoms with Gasteiger partial charge in [0.2, 0.25) is 0 Å². The fourth-order valence-corrected chi connectivity index (χ4v) is 2.47. The normalized spacial score (nSPS) is 22.4. The van der Waals surface area contributed by atoms with E-state index in [9.17, 15) is 5.26 Å². The number of hydrogen-bond donors (Lipinski definition) is 1. The Morgan fingerprint density at radius 1 is 1.22 bits per heavy atom. The van der Waals surface area contributed by atoms with E-state index in [0.717, 1.165) is 13.0 Å². The number of rotatable bonds is 10. The van der Waals surface area contributed by atoms with Crippen molar-refractivity contribution >= 4 is 0 Å². The average Bonchev–Trinajstić information content (AvgIpc) is 3.25. The van der Waals surface area contributed by atoms with Gasteiger partial charge in [0.1, 0.15) is 5.54 Å². The summed E-state index contributed by atoms with van der Waals surface area (Å²) >= 11 is 0. The lowest BCUT2D eigenvalue weighted by atomic mass is 9.96. The van der Waals surface area contributed by atoms with E-state index in [1.165, 1.54) is 44.9 Å². The van der Waals surface area contributed by atoms with Gasteiger partial charge in [-0.1, -0.05) is 26.2 Å². The molecule has 102 valence electrons. The lowest BCUT2D eigenvalue weighted by Gasteiger charge is -2.28. The molecule has 3 heteroatoms. The van der Waals surface area contributed by atoms with Gasteiger partial charge in [0.25, 0.3) is 0 Å². The van der Waals surface area contributed by atoms with Crippen LogP contribution in [0.5, 0.6) is 0 Å². The number of unbranched alkanes of at least 4 members (excludes halogenated alkanes) is 3. The molecule has 0 amide bonds. The van der Waals surface area contributed by atoms with Gasteiger partial charge >= 0.3 is 0 Å². The topological polar surface area (TPSA) is 45.0 Å². The Hall–Kier alpha value is -0.590. The third kappa shape index (κ3) is 3.96. The summed E-state index contributed by atoms with van der Waals surface area (Å²) in [6.45, 7) is 3.60. The van der Waals surface area contributed by atoms with Crippen LogP contribution in [0, 0.1) is 17.2 Å². The van der Waals surface area contributed by atoms with Crippen molar-refractivity contribution in [2.45, 2.75) is 69.9 Å². The molecule has 0 radical (unpaired) electrons. The van der Waals surface area contributed by atoms with Crippen molar-refractivity contribution in [1.82, 2.24) is 5.32 Å². The van der Waals surface area contributed by atoms with Crippen LogP contribution in [0.15, 0.2) is 0 Å². The maximum Gasteiger partial charge on any atom is 0.133 e. The Bertz CT molecular complexity index is 291. The fraction of sp³-hybridized carbons (Fsp3) is 0.933. The quantitative estimate of drug-likeness (QED) is 0.606. The molecule has 18 heavy (non-hydrogen) atoms. The van der Waals surface area contributed by atoms with Gasteiger partial charge in [-0.2, -0.15) is 5.26 Å². The van der Waals surface area contributed by atoms with E-state index in [2.05, 4.69) is 18.3 Å². The van der Waals surface area contributed by atoms with Crippen LogP contribution in [0.2, 0.25) is 0 Å².